The molecule has 0 aliphatic carbocycles. The minimum absolute atomic E-state index is 0.0843. The van der Waals surface area contributed by atoms with Crippen LogP contribution in [0.2, 0.25) is 10.0 Å². The molecule has 186 valence electrons. The van der Waals surface area contributed by atoms with Gasteiger partial charge < -0.3 is 15.7 Å². The molecule has 1 unspecified atom stereocenters. The first-order valence-electron chi connectivity index (χ1n) is 9.86. The van der Waals surface area contributed by atoms with Crippen molar-refractivity contribution in [2.24, 2.45) is 5.73 Å². The molecule has 1 atom stereocenters. The Morgan fingerprint density at radius 3 is 2.20 bits per heavy atom. The predicted molar refractivity (Wildman–Crippen MR) is 120 cm³/mol. The van der Waals surface area contributed by atoms with Crippen molar-refractivity contribution in [2.45, 2.75) is 18.2 Å². The van der Waals surface area contributed by atoms with Crippen molar-refractivity contribution in [2.75, 3.05) is 13.6 Å². The number of nitrogens with zero attached hydrogens (tertiary/aromatic N) is 3. The number of carbonyl (C=O) groups is 2. The molecular weight excluding hydrogens is 515 g/mol. The molecule has 2 aromatic carbocycles. The molecule has 0 saturated carbocycles. The Morgan fingerprint density at radius 2 is 1.69 bits per heavy atom. The molecule has 1 heterocycles. The number of aliphatic hydroxyl groups is 1. The molecule has 0 bridgehead atoms. The van der Waals surface area contributed by atoms with Crippen LogP contribution in [0.5, 0.6) is 0 Å². The van der Waals surface area contributed by atoms with E-state index < -0.39 is 48.1 Å². The van der Waals surface area contributed by atoms with E-state index in [1.165, 1.54) is 30.3 Å². The summed E-state index contributed by atoms with van der Waals surface area (Å²) in [6.07, 6.45) is -5.39. The van der Waals surface area contributed by atoms with Crippen LogP contribution in [-0.4, -0.2) is 57.0 Å². The Morgan fingerprint density at radius 1 is 1.11 bits per heavy atom. The van der Waals surface area contributed by atoms with Crippen molar-refractivity contribution < 1.29 is 32.3 Å². The van der Waals surface area contributed by atoms with E-state index in [0.717, 1.165) is 30.1 Å². The maximum Gasteiger partial charge on any atom is 0.419 e. The molecule has 1 aromatic heterocycles. The zero-order valence-corrected chi connectivity index (χ0v) is 19.5. The number of primary amides is 1. The number of likely N-dealkylation sites (N-methyl/N-ethyl adjacent to an activating group) is 1. The van der Waals surface area contributed by atoms with Crippen LogP contribution in [0, 0.1) is 5.82 Å². The fraction of sp³-hybridized carbons (Fsp3) is 0.227. The Labute approximate surface area is 206 Å². The van der Waals surface area contributed by atoms with Crippen molar-refractivity contribution in [1.82, 2.24) is 14.7 Å². The summed E-state index contributed by atoms with van der Waals surface area (Å²) < 4.78 is 56.4. The standard InChI is InChI=1S/C22H18Cl2F4N4O3/c1-31(20(34)18-15(23)3-2-4-16(18)24)11-21(35,22(26,27)28)9-17-14(19(29)33)10-32(30-17)13-7-5-12(25)6-8-13/h2-8,10,35H,9,11H2,1H3,(H2,29,33). The molecule has 2 amide bonds. The Balaban J connectivity index is 1.97. The lowest BCUT2D eigenvalue weighted by Gasteiger charge is -2.34. The van der Waals surface area contributed by atoms with Gasteiger partial charge in [-0.15, -0.1) is 0 Å². The van der Waals surface area contributed by atoms with Crippen molar-refractivity contribution in [3.05, 3.63) is 81.3 Å². The number of hydrogen-bond donors (Lipinski definition) is 2. The number of alkyl halides is 3. The van der Waals surface area contributed by atoms with Gasteiger partial charge in [0, 0.05) is 19.7 Å². The lowest BCUT2D eigenvalue weighted by atomic mass is 9.94. The summed E-state index contributed by atoms with van der Waals surface area (Å²) in [7, 11) is 1.03. The van der Waals surface area contributed by atoms with Gasteiger partial charge in [-0.3, -0.25) is 9.59 Å². The zero-order chi connectivity index (χ0) is 26.1. The van der Waals surface area contributed by atoms with Crippen molar-refractivity contribution in [1.29, 1.82) is 0 Å². The highest BCUT2D eigenvalue weighted by Crippen LogP contribution is 2.35. The topological polar surface area (TPSA) is 101 Å². The second-order valence-corrected chi connectivity index (χ2v) is 8.55. The summed E-state index contributed by atoms with van der Waals surface area (Å²) in [5, 5.41) is 14.5. The van der Waals surface area contributed by atoms with Crippen molar-refractivity contribution in [3.63, 3.8) is 0 Å². The number of aromatic nitrogens is 2. The molecule has 3 N–H and O–H groups in total. The zero-order valence-electron chi connectivity index (χ0n) is 18.0. The molecular formula is C22H18Cl2F4N4O3. The number of halogens is 6. The fourth-order valence-electron chi connectivity index (χ4n) is 3.35. The first-order chi connectivity index (χ1) is 16.2. The summed E-state index contributed by atoms with van der Waals surface area (Å²) in [5.41, 5.74) is 0.913. The highest BCUT2D eigenvalue weighted by molar-refractivity contribution is 6.39. The van der Waals surface area contributed by atoms with Crippen LogP contribution < -0.4 is 5.73 Å². The average Bonchev–Trinajstić information content (AvgIpc) is 3.17. The molecule has 0 fully saturated rings. The largest absolute Gasteiger partial charge is 0.419 e. The number of hydrogen-bond acceptors (Lipinski definition) is 4. The van der Waals surface area contributed by atoms with E-state index in [2.05, 4.69) is 5.10 Å². The number of amides is 2. The smallest absolute Gasteiger partial charge is 0.379 e. The highest BCUT2D eigenvalue weighted by Gasteiger charge is 2.55. The van der Waals surface area contributed by atoms with Crippen LogP contribution in [0.3, 0.4) is 0 Å². The van der Waals surface area contributed by atoms with Crippen LogP contribution in [0.25, 0.3) is 5.69 Å². The summed E-state index contributed by atoms with van der Waals surface area (Å²) in [5.74, 6) is -2.62. The molecule has 0 aliphatic heterocycles. The van der Waals surface area contributed by atoms with E-state index in [0.29, 0.717) is 4.90 Å². The maximum atomic E-state index is 14.0. The number of carbonyl (C=O) groups excluding carboxylic acids is 2. The Hall–Kier alpha value is -3.15. The first-order valence-corrected chi connectivity index (χ1v) is 10.6. The van der Waals surface area contributed by atoms with Crippen LogP contribution in [0.4, 0.5) is 17.6 Å². The number of nitrogens with two attached hydrogens (primary N) is 1. The van der Waals surface area contributed by atoms with Crippen LogP contribution in [0.1, 0.15) is 26.4 Å². The van der Waals surface area contributed by atoms with Gasteiger partial charge >= 0.3 is 6.18 Å². The van der Waals surface area contributed by atoms with Crippen molar-refractivity contribution >= 4 is 35.0 Å². The van der Waals surface area contributed by atoms with Crippen LogP contribution >= 0.6 is 23.2 Å². The number of benzene rings is 2. The normalized spacial score (nSPS) is 13.4. The maximum absolute atomic E-state index is 14.0. The van der Waals surface area contributed by atoms with Gasteiger partial charge in [-0.25, -0.2) is 9.07 Å². The molecule has 3 rings (SSSR count). The predicted octanol–water partition coefficient (Wildman–Crippen LogP) is 4.03. The number of rotatable bonds is 7. The molecule has 3 aromatic rings. The van der Waals surface area contributed by atoms with Gasteiger partial charge in [0.1, 0.15) is 5.82 Å². The highest BCUT2D eigenvalue weighted by atomic mass is 35.5. The van der Waals surface area contributed by atoms with E-state index in [1.54, 1.807) is 0 Å². The van der Waals surface area contributed by atoms with E-state index in [9.17, 15) is 32.3 Å². The molecule has 35 heavy (non-hydrogen) atoms. The molecule has 0 radical (unpaired) electrons. The lowest BCUT2D eigenvalue weighted by Crippen LogP contribution is -2.55. The van der Waals surface area contributed by atoms with Crippen LogP contribution in [0.15, 0.2) is 48.7 Å². The average molecular weight is 533 g/mol. The van der Waals surface area contributed by atoms with Gasteiger partial charge in [0.25, 0.3) is 11.8 Å². The first kappa shape index (κ1) is 26.5. The minimum atomic E-state index is -5.25. The SMILES string of the molecule is CN(CC(O)(Cc1nn(-c2ccc(F)cc2)cc1C(N)=O)C(F)(F)F)C(=O)c1c(Cl)cccc1Cl. The summed E-state index contributed by atoms with van der Waals surface area (Å²) in [4.78, 5) is 25.3. The van der Waals surface area contributed by atoms with Crippen LogP contribution in [-0.2, 0) is 6.42 Å². The quantitative estimate of drug-likeness (QED) is 0.448. The van der Waals surface area contributed by atoms with E-state index >= 15 is 0 Å². The van der Waals surface area contributed by atoms with E-state index in [-0.39, 0.29) is 26.9 Å². The lowest BCUT2D eigenvalue weighted by molar-refractivity contribution is -0.262. The monoisotopic (exact) mass is 532 g/mol. The second kappa shape index (κ2) is 9.84. The summed E-state index contributed by atoms with van der Waals surface area (Å²) in [6.45, 7) is -1.24. The molecule has 13 heteroatoms. The van der Waals surface area contributed by atoms with Gasteiger partial charge in [0.05, 0.1) is 39.1 Å². The minimum Gasteiger partial charge on any atom is -0.379 e. The van der Waals surface area contributed by atoms with Gasteiger partial charge in [-0.2, -0.15) is 18.3 Å². The molecule has 7 nitrogen and oxygen atoms in total. The van der Waals surface area contributed by atoms with Crippen molar-refractivity contribution in [3.8, 4) is 5.69 Å². The van der Waals surface area contributed by atoms with E-state index in [4.69, 9.17) is 28.9 Å². The second-order valence-electron chi connectivity index (χ2n) is 7.74. The Bertz CT molecular complexity index is 1240. The van der Waals surface area contributed by atoms with Gasteiger partial charge in [-0.1, -0.05) is 29.3 Å². The molecule has 0 saturated heterocycles. The van der Waals surface area contributed by atoms with Gasteiger partial charge in [0.15, 0.2) is 5.60 Å². The summed E-state index contributed by atoms with van der Waals surface area (Å²) in [6, 6.07) is 8.88. The Kier molecular flexibility index (Phi) is 7.44. The van der Waals surface area contributed by atoms with E-state index in [1.807, 2.05) is 0 Å². The van der Waals surface area contributed by atoms with Gasteiger partial charge in [0.2, 0.25) is 0 Å². The van der Waals surface area contributed by atoms with Gasteiger partial charge in [-0.05, 0) is 36.4 Å². The molecule has 0 spiro atoms. The third kappa shape index (κ3) is 5.58. The fourth-order valence-corrected chi connectivity index (χ4v) is 3.91. The molecule has 0 aliphatic rings. The third-order valence-corrected chi connectivity index (χ3v) is 5.79. The third-order valence-electron chi connectivity index (χ3n) is 5.16. The summed E-state index contributed by atoms with van der Waals surface area (Å²) >= 11 is 12.0.